The van der Waals surface area contributed by atoms with Crippen LogP contribution in [0.5, 0.6) is 0 Å². The molecule has 10 heteroatoms. The molecule has 9 nitrogen and oxygen atoms in total. The highest BCUT2D eigenvalue weighted by Crippen LogP contribution is 2.45. The second-order valence-corrected chi connectivity index (χ2v) is 13.4. The van der Waals surface area contributed by atoms with Gasteiger partial charge in [-0.05, 0) is 94.8 Å². The van der Waals surface area contributed by atoms with Crippen LogP contribution in [0.4, 0.5) is 10.6 Å². The van der Waals surface area contributed by atoms with Crippen LogP contribution in [-0.2, 0) is 11.3 Å². The van der Waals surface area contributed by atoms with Gasteiger partial charge in [0.05, 0.1) is 34.7 Å². The smallest absolute Gasteiger partial charge is 0.410 e. The van der Waals surface area contributed by atoms with E-state index < -0.39 is 5.60 Å². The van der Waals surface area contributed by atoms with Crippen molar-refractivity contribution in [2.75, 3.05) is 30.8 Å². The zero-order chi connectivity index (χ0) is 31.1. The first-order chi connectivity index (χ1) is 21.0. The molecule has 1 aliphatic heterocycles. The van der Waals surface area contributed by atoms with Crippen LogP contribution in [0.25, 0.3) is 22.3 Å². The van der Waals surface area contributed by atoms with Crippen LogP contribution in [0.2, 0.25) is 0 Å². The molecule has 0 unspecified atom stereocenters. The van der Waals surface area contributed by atoms with Crippen molar-refractivity contribution in [2.45, 2.75) is 63.1 Å². The number of rotatable bonds is 6. The molecule has 6 rings (SSSR count). The second-order valence-electron chi connectivity index (χ2n) is 12.6. The van der Waals surface area contributed by atoms with E-state index in [1.165, 1.54) is 0 Å². The molecule has 0 bridgehead atoms. The summed E-state index contributed by atoms with van der Waals surface area (Å²) in [7, 11) is 0. The van der Waals surface area contributed by atoms with Gasteiger partial charge >= 0.3 is 6.09 Å². The molecule has 2 aliphatic rings. The van der Waals surface area contributed by atoms with Crippen molar-refractivity contribution in [2.24, 2.45) is 0 Å². The normalized spacial score (nSPS) is 15.8. The molecule has 1 saturated carbocycles. The van der Waals surface area contributed by atoms with Crippen LogP contribution in [0.1, 0.15) is 55.2 Å². The van der Waals surface area contributed by atoms with Crippen LogP contribution in [0.15, 0.2) is 65.7 Å². The number of nitrogens with zero attached hydrogens (tertiary/aromatic N) is 5. The maximum absolute atomic E-state index is 12.9. The van der Waals surface area contributed by atoms with Gasteiger partial charge in [-0.15, -0.1) is 11.8 Å². The minimum absolute atomic E-state index is 0.134. The second kappa shape index (κ2) is 11.7. The minimum Gasteiger partial charge on any atom is -0.444 e. The highest BCUT2D eigenvalue weighted by atomic mass is 32.2. The van der Waals surface area contributed by atoms with Gasteiger partial charge in [0.15, 0.2) is 0 Å². The van der Waals surface area contributed by atoms with E-state index in [0.29, 0.717) is 25.2 Å². The molecule has 4 heterocycles. The van der Waals surface area contributed by atoms with E-state index in [2.05, 4.69) is 15.2 Å². The highest BCUT2D eigenvalue weighted by Gasteiger charge is 2.54. The molecule has 44 heavy (non-hydrogen) atoms. The first kappa shape index (κ1) is 29.9. The Kier molecular flexibility index (Phi) is 7.96. The van der Waals surface area contributed by atoms with Crippen molar-refractivity contribution in [3.8, 4) is 11.4 Å². The van der Waals surface area contributed by atoms with Gasteiger partial charge < -0.3 is 15.0 Å². The van der Waals surface area contributed by atoms with Crippen molar-refractivity contribution in [3.63, 3.8) is 0 Å². The molecule has 0 atom stereocenters. The van der Waals surface area contributed by atoms with Gasteiger partial charge in [-0.2, -0.15) is 0 Å². The summed E-state index contributed by atoms with van der Waals surface area (Å²) in [6.07, 6.45) is 5.50. The first-order valence-electron chi connectivity index (χ1n) is 15.0. The number of hydrogen-bond donors (Lipinski definition) is 1. The van der Waals surface area contributed by atoms with E-state index >= 15 is 0 Å². The maximum atomic E-state index is 12.9. The SMILES string of the molecule is CSc1cc(C(=O)NCc2cc3nc(-c4cccc(N5CCN(C(=O)OC(C)(C)C)C6(CC6)C5)n4)ccc3cn2)ccc1C. The molecule has 2 fully saturated rings. The number of thioether (sulfide) groups is 1. The molecule has 4 aromatic rings. The van der Waals surface area contributed by atoms with Crippen LogP contribution in [0.3, 0.4) is 0 Å². The molecular weight excluding hydrogens is 572 g/mol. The lowest BCUT2D eigenvalue weighted by molar-refractivity contribution is 0.0106. The van der Waals surface area contributed by atoms with Gasteiger partial charge in [0.2, 0.25) is 0 Å². The van der Waals surface area contributed by atoms with Crippen molar-refractivity contribution in [1.29, 1.82) is 0 Å². The van der Waals surface area contributed by atoms with Crippen LogP contribution in [-0.4, -0.2) is 68.9 Å². The fourth-order valence-corrected chi connectivity index (χ4v) is 6.26. The Bertz CT molecular complexity index is 1730. The van der Waals surface area contributed by atoms with E-state index in [9.17, 15) is 9.59 Å². The third kappa shape index (κ3) is 6.36. The summed E-state index contributed by atoms with van der Waals surface area (Å²) >= 11 is 1.63. The van der Waals surface area contributed by atoms with Gasteiger partial charge in [-0.3, -0.25) is 14.7 Å². The summed E-state index contributed by atoms with van der Waals surface area (Å²) in [4.78, 5) is 45.4. The summed E-state index contributed by atoms with van der Waals surface area (Å²) in [5.74, 6) is 0.739. The largest absolute Gasteiger partial charge is 0.444 e. The molecule has 3 aromatic heterocycles. The minimum atomic E-state index is -0.517. The zero-order valence-electron chi connectivity index (χ0n) is 25.9. The maximum Gasteiger partial charge on any atom is 0.410 e. The number of hydrogen-bond acceptors (Lipinski definition) is 8. The molecule has 2 amide bonds. The number of piperazine rings is 1. The Morgan fingerprint density at radius 2 is 1.82 bits per heavy atom. The lowest BCUT2D eigenvalue weighted by atomic mass is 10.1. The van der Waals surface area contributed by atoms with Gasteiger partial charge in [0.1, 0.15) is 11.4 Å². The van der Waals surface area contributed by atoms with Crippen LogP contribution in [0, 0.1) is 6.92 Å². The lowest BCUT2D eigenvalue weighted by Crippen LogP contribution is -2.58. The Morgan fingerprint density at radius 3 is 2.57 bits per heavy atom. The fourth-order valence-electron chi connectivity index (χ4n) is 5.62. The zero-order valence-corrected chi connectivity index (χ0v) is 26.7. The number of anilines is 1. The highest BCUT2D eigenvalue weighted by molar-refractivity contribution is 7.98. The molecule has 1 aromatic carbocycles. The van der Waals surface area contributed by atoms with Crippen molar-refractivity contribution >= 4 is 40.5 Å². The van der Waals surface area contributed by atoms with Gasteiger partial charge in [0, 0.05) is 41.7 Å². The number of aromatic nitrogens is 3. The van der Waals surface area contributed by atoms with E-state index in [-0.39, 0.29) is 17.5 Å². The summed E-state index contributed by atoms with van der Waals surface area (Å²) in [5, 5.41) is 3.90. The first-order valence-corrected chi connectivity index (χ1v) is 16.2. The molecule has 1 saturated heterocycles. The van der Waals surface area contributed by atoms with E-state index in [4.69, 9.17) is 14.7 Å². The molecule has 1 spiro atoms. The number of ether oxygens (including phenoxy) is 1. The molecule has 228 valence electrons. The lowest BCUT2D eigenvalue weighted by Gasteiger charge is -2.42. The third-order valence-electron chi connectivity index (χ3n) is 8.14. The predicted octanol–water partition coefficient (Wildman–Crippen LogP) is 6.24. The van der Waals surface area contributed by atoms with E-state index in [0.717, 1.165) is 63.6 Å². The Labute approximate surface area is 262 Å². The summed E-state index contributed by atoms with van der Waals surface area (Å²) < 4.78 is 5.69. The fraction of sp³-hybridized carbons (Fsp3) is 0.382. The standard InChI is InChI=1S/C34H38N6O3S/c1-22-9-10-23(17-29(22)44-5)31(41)36-20-25-18-28-24(19-35-25)11-12-27(37-28)26-7-6-8-30(38-26)39-15-16-40(34(21-39)13-14-34)32(42)43-33(2,3)4/h6-12,17-19H,13-16,20-21H2,1-5H3,(H,36,41). The van der Waals surface area contributed by atoms with Crippen LogP contribution >= 0.6 is 11.8 Å². The molecule has 0 radical (unpaired) electrons. The average molecular weight is 611 g/mol. The molecule has 1 aliphatic carbocycles. The van der Waals surface area contributed by atoms with E-state index in [1.54, 1.807) is 18.0 Å². The van der Waals surface area contributed by atoms with Gasteiger partial charge in [0.25, 0.3) is 5.91 Å². The molecular formula is C34H38N6O3S. The number of amides is 2. The number of benzene rings is 1. The summed E-state index contributed by atoms with van der Waals surface area (Å²) in [6, 6.07) is 17.6. The Morgan fingerprint density at radius 1 is 1.02 bits per heavy atom. The number of aryl methyl sites for hydroxylation is 1. The Balaban J connectivity index is 1.16. The monoisotopic (exact) mass is 610 g/mol. The number of pyridine rings is 3. The van der Waals surface area contributed by atoms with Crippen molar-refractivity contribution < 1.29 is 14.3 Å². The summed E-state index contributed by atoms with van der Waals surface area (Å²) in [5.41, 5.74) is 4.14. The third-order valence-corrected chi connectivity index (χ3v) is 9.02. The quantitative estimate of drug-likeness (QED) is 0.256. The van der Waals surface area contributed by atoms with E-state index in [1.807, 2.05) is 93.4 Å². The topological polar surface area (TPSA) is 101 Å². The average Bonchev–Trinajstić information content (AvgIpc) is 3.77. The predicted molar refractivity (Wildman–Crippen MR) is 174 cm³/mol. The summed E-state index contributed by atoms with van der Waals surface area (Å²) in [6.45, 7) is 10.1. The van der Waals surface area contributed by atoms with Crippen molar-refractivity contribution in [3.05, 3.63) is 77.6 Å². The molecule has 1 N–H and O–H groups in total. The number of carbonyl (C=O) groups excluding carboxylic acids is 2. The Hall–Kier alpha value is -4.18. The number of fused-ring (bicyclic) bond motifs is 1. The van der Waals surface area contributed by atoms with Gasteiger partial charge in [-0.25, -0.2) is 14.8 Å². The van der Waals surface area contributed by atoms with Crippen molar-refractivity contribution in [1.82, 2.24) is 25.2 Å². The van der Waals surface area contributed by atoms with Gasteiger partial charge in [-0.1, -0.05) is 12.1 Å². The number of carbonyl (C=O) groups is 2. The number of nitrogens with one attached hydrogen (secondary N) is 1. The van der Waals surface area contributed by atoms with Crippen LogP contribution < -0.4 is 10.2 Å².